The summed E-state index contributed by atoms with van der Waals surface area (Å²) < 4.78 is 5.75. The van der Waals surface area contributed by atoms with Crippen LogP contribution in [0.1, 0.15) is 26.2 Å². The third-order valence-corrected chi connectivity index (χ3v) is 3.24. The highest BCUT2D eigenvalue weighted by Crippen LogP contribution is 2.22. The summed E-state index contributed by atoms with van der Waals surface area (Å²) in [5, 5.41) is 0. The van der Waals surface area contributed by atoms with Crippen LogP contribution in [0.3, 0.4) is 0 Å². The zero-order chi connectivity index (χ0) is 10.7. The Balaban J connectivity index is 1.89. The molecule has 0 aromatic carbocycles. The van der Waals surface area contributed by atoms with Crippen molar-refractivity contribution in [2.45, 2.75) is 38.3 Å². The lowest BCUT2D eigenvalue weighted by Gasteiger charge is -2.34. The largest absolute Gasteiger partial charge is 0.385 e. The Bertz CT molecular complexity index is 242. The van der Waals surface area contributed by atoms with Crippen LogP contribution in [-0.2, 0) is 4.74 Å². The maximum absolute atomic E-state index is 5.92. The summed E-state index contributed by atoms with van der Waals surface area (Å²) in [6.45, 7) is 5.88. The summed E-state index contributed by atoms with van der Waals surface area (Å²) in [6, 6.07) is 0.639. The highest BCUT2D eigenvalue weighted by molar-refractivity contribution is 5.85. The van der Waals surface area contributed by atoms with Gasteiger partial charge in [0, 0.05) is 19.1 Å². The Morgan fingerprint density at radius 1 is 1.60 bits per heavy atom. The van der Waals surface area contributed by atoms with Crippen molar-refractivity contribution < 1.29 is 4.74 Å². The van der Waals surface area contributed by atoms with Crippen LogP contribution in [0.5, 0.6) is 0 Å². The first-order valence-corrected chi connectivity index (χ1v) is 5.96. The number of aliphatic imine (C=N–C) groups is 1. The van der Waals surface area contributed by atoms with E-state index < -0.39 is 0 Å². The molecule has 0 bridgehead atoms. The highest BCUT2D eigenvalue weighted by atomic mass is 16.5. The number of hydrogen-bond acceptors (Lipinski definition) is 3. The second-order valence-electron chi connectivity index (χ2n) is 4.42. The van der Waals surface area contributed by atoms with Crippen LogP contribution in [-0.4, -0.2) is 49.1 Å². The second-order valence-corrected chi connectivity index (χ2v) is 4.42. The van der Waals surface area contributed by atoms with Crippen molar-refractivity contribution in [2.24, 2.45) is 10.7 Å². The maximum atomic E-state index is 5.92. The Morgan fingerprint density at radius 2 is 2.47 bits per heavy atom. The molecule has 0 radical (unpaired) electrons. The lowest BCUT2D eigenvalue weighted by atomic mass is 10.2. The minimum Gasteiger partial charge on any atom is -0.385 e. The minimum atomic E-state index is 0.0332. The first-order chi connectivity index (χ1) is 7.31. The van der Waals surface area contributed by atoms with Crippen LogP contribution >= 0.6 is 0 Å². The number of nitrogens with two attached hydrogens (primary N) is 1. The lowest BCUT2D eigenvalue weighted by molar-refractivity contribution is -0.0167. The summed E-state index contributed by atoms with van der Waals surface area (Å²) in [5.74, 6) is 0.683. The first kappa shape index (κ1) is 10.9. The van der Waals surface area contributed by atoms with E-state index in [9.17, 15) is 0 Å². The van der Waals surface area contributed by atoms with E-state index >= 15 is 0 Å². The van der Waals surface area contributed by atoms with Crippen LogP contribution in [0.15, 0.2) is 4.99 Å². The van der Waals surface area contributed by atoms with Crippen molar-refractivity contribution in [3.63, 3.8) is 0 Å². The van der Waals surface area contributed by atoms with E-state index in [0.717, 1.165) is 26.1 Å². The standard InChI is InChI=1S/C11H21N3O/c1-2-5-13-11(12)10-7-14-6-3-4-9(14)8-15-10/h9-10H,2-8H2,1H3,(H2,12,13). The Kier molecular flexibility index (Phi) is 3.59. The van der Waals surface area contributed by atoms with E-state index in [4.69, 9.17) is 10.5 Å². The normalized spacial score (nSPS) is 33.0. The van der Waals surface area contributed by atoms with Crippen LogP contribution in [0.25, 0.3) is 0 Å². The third-order valence-electron chi connectivity index (χ3n) is 3.24. The van der Waals surface area contributed by atoms with E-state index in [2.05, 4.69) is 16.8 Å². The monoisotopic (exact) mass is 211 g/mol. The molecule has 0 aromatic heterocycles. The highest BCUT2D eigenvalue weighted by Gasteiger charge is 2.33. The zero-order valence-corrected chi connectivity index (χ0v) is 9.48. The number of nitrogens with zero attached hydrogens (tertiary/aromatic N) is 2. The molecule has 2 aliphatic rings. The van der Waals surface area contributed by atoms with Crippen molar-refractivity contribution in [1.82, 2.24) is 4.90 Å². The Hall–Kier alpha value is -0.610. The molecule has 0 amide bonds. The number of morpholine rings is 1. The summed E-state index contributed by atoms with van der Waals surface area (Å²) in [7, 11) is 0. The number of fused-ring (bicyclic) bond motifs is 1. The van der Waals surface area contributed by atoms with E-state index in [1.165, 1.54) is 19.4 Å². The third kappa shape index (κ3) is 2.49. The number of hydrogen-bond donors (Lipinski definition) is 1. The van der Waals surface area contributed by atoms with E-state index in [1.54, 1.807) is 0 Å². The van der Waals surface area contributed by atoms with Gasteiger partial charge in [0.25, 0.3) is 0 Å². The summed E-state index contributed by atoms with van der Waals surface area (Å²) in [6.07, 6.45) is 3.65. The molecule has 15 heavy (non-hydrogen) atoms. The predicted octanol–water partition coefficient (Wildman–Crippen LogP) is 0.617. The molecule has 2 unspecified atom stereocenters. The summed E-state index contributed by atoms with van der Waals surface area (Å²) in [5.41, 5.74) is 5.92. The SMILES string of the molecule is CCCN=C(N)C1CN2CCCC2CO1. The van der Waals surface area contributed by atoms with Crippen molar-refractivity contribution in [3.8, 4) is 0 Å². The molecular formula is C11H21N3O. The van der Waals surface area contributed by atoms with Gasteiger partial charge in [-0.15, -0.1) is 0 Å². The van der Waals surface area contributed by atoms with Crippen LogP contribution < -0.4 is 5.73 Å². The van der Waals surface area contributed by atoms with Crippen molar-refractivity contribution in [2.75, 3.05) is 26.2 Å². The fourth-order valence-electron chi connectivity index (χ4n) is 2.34. The number of amidine groups is 1. The molecule has 2 heterocycles. The quantitative estimate of drug-likeness (QED) is 0.550. The molecule has 0 aromatic rings. The topological polar surface area (TPSA) is 50.8 Å². The molecule has 0 saturated carbocycles. The summed E-state index contributed by atoms with van der Waals surface area (Å²) >= 11 is 0. The zero-order valence-electron chi connectivity index (χ0n) is 9.48. The fraction of sp³-hybridized carbons (Fsp3) is 0.909. The molecule has 2 rings (SSSR count). The van der Waals surface area contributed by atoms with Gasteiger partial charge in [-0.2, -0.15) is 0 Å². The Morgan fingerprint density at radius 3 is 3.27 bits per heavy atom. The average Bonchev–Trinajstić information content (AvgIpc) is 2.72. The molecule has 2 saturated heterocycles. The molecular weight excluding hydrogens is 190 g/mol. The molecule has 2 fully saturated rings. The van der Waals surface area contributed by atoms with Gasteiger partial charge in [-0.3, -0.25) is 9.89 Å². The van der Waals surface area contributed by atoms with Gasteiger partial charge in [0.05, 0.1) is 6.61 Å². The fourth-order valence-corrected chi connectivity index (χ4v) is 2.34. The van der Waals surface area contributed by atoms with Gasteiger partial charge >= 0.3 is 0 Å². The van der Waals surface area contributed by atoms with Gasteiger partial charge < -0.3 is 10.5 Å². The minimum absolute atomic E-state index is 0.0332. The van der Waals surface area contributed by atoms with E-state index in [-0.39, 0.29) is 6.10 Å². The van der Waals surface area contributed by atoms with E-state index in [1.807, 2.05) is 0 Å². The van der Waals surface area contributed by atoms with Gasteiger partial charge in [0.2, 0.25) is 0 Å². The number of ether oxygens (including phenoxy) is 1. The second kappa shape index (κ2) is 4.94. The molecule has 4 heteroatoms. The van der Waals surface area contributed by atoms with Crippen LogP contribution in [0, 0.1) is 0 Å². The number of rotatable bonds is 3. The molecule has 86 valence electrons. The van der Waals surface area contributed by atoms with Crippen LogP contribution in [0.2, 0.25) is 0 Å². The molecule has 2 N–H and O–H groups in total. The lowest BCUT2D eigenvalue weighted by Crippen LogP contribution is -2.51. The molecule has 0 spiro atoms. The van der Waals surface area contributed by atoms with Gasteiger partial charge in [-0.25, -0.2) is 0 Å². The van der Waals surface area contributed by atoms with Crippen molar-refractivity contribution in [3.05, 3.63) is 0 Å². The van der Waals surface area contributed by atoms with Gasteiger partial charge in [0.1, 0.15) is 11.9 Å². The molecule has 2 atom stereocenters. The van der Waals surface area contributed by atoms with Gasteiger partial charge in [0.15, 0.2) is 0 Å². The average molecular weight is 211 g/mol. The Labute approximate surface area is 91.5 Å². The van der Waals surface area contributed by atoms with Gasteiger partial charge in [-0.1, -0.05) is 6.92 Å². The maximum Gasteiger partial charge on any atom is 0.127 e. The van der Waals surface area contributed by atoms with E-state index in [0.29, 0.717) is 11.9 Å². The molecule has 0 aliphatic carbocycles. The smallest absolute Gasteiger partial charge is 0.127 e. The van der Waals surface area contributed by atoms with Crippen molar-refractivity contribution in [1.29, 1.82) is 0 Å². The first-order valence-electron chi connectivity index (χ1n) is 5.96. The van der Waals surface area contributed by atoms with Crippen LogP contribution in [0.4, 0.5) is 0 Å². The van der Waals surface area contributed by atoms with Gasteiger partial charge in [-0.05, 0) is 25.8 Å². The van der Waals surface area contributed by atoms with Crippen molar-refractivity contribution >= 4 is 5.84 Å². The molecule has 2 aliphatic heterocycles. The summed E-state index contributed by atoms with van der Waals surface area (Å²) in [4.78, 5) is 6.81. The predicted molar refractivity (Wildman–Crippen MR) is 61.1 cm³/mol. The molecule has 4 nitrogen and oxygen atoms in total.